The molecule has 0 saturated carbocycles. The van der Waals surface area contributed by atoms with Gasteiger partial charge in [0.25, 0.3) is 0 Å². The first-order valence-electron chi connectivity index (χ1n) is 11.3. The lowest BCUT2D eigenvalue weighted by Gasteiger charge is -2.54. The van der Waals surface area contributed by atoms with E-state index >= 15 is 0 Å². The van der Waals surface area contributed by atoms with Crippen LogP contribution in [0.25, 0.3) is 0 Å². The van der Waals surface area contributed by atoms with E-state index < -0.39 is 76.6 Å². The first-order chi connectivity index (χ1) is 15.6. The van der Waals surface area contributed by atoms with Gasteiger partial charge in [-0.1, -0.05) is 24.6 Å². The molecule has 0 amide bonds. The van der Waals surface area contributed by atoms with Gasteiger partial charge in [-0.25, -0.2) is 4.79 Å². The summed E-state index contributed by atoms with van der Waals surface area (Å²) < 4.78 is 22.9. The third kappa shape index (κ3) is 3.26. The van der Waals surface area contributed by atoms with Crippen molar-refractivity contribution >= 4 is 17.9 Å². The quantitative estimate of drug-likeness (QED) is 0.218. The summed E-state index contributed by atoms with van der Waals surface area (Å²) in [5.74, 6) is -3.16. The third-order valence-corrected chi connectivity index (χ3v) is 7.94. The molecule has 0 aromatic carbocycles. The standard InChI is InChI=1S/C24H32O10/c1-11-9-14(31-12(2)25)18(28)21(4)8-7-15(27)22(5,30)17(21)19(32-13(3)26)24-16(10-11)33-20(29)23(24,6)34-24/h7-8,10,14-19,27-28,30H,9H2,1-6H3/b11-10-/t14-,15-,16+,17-,18+,19?,21-,22-,23+,24?/m1/s1. The summed E-state index contributed by atoms with van der Waals surface area (Å²) in [5, 5.41) is 33.9. The Morgan fingerprint density at radius 3 is 2.29 bits per heavy atom. The van der Waals surface area contributed by atoms with E-state index in [1.807, 2.05) is 0 Å². The molecule has 10 atom stereocenters. The lowest BCUT2D eigenvalue weighted by atomic mass is 9.55. The van der Waals surface area contributed by atoms with E-state index in [0.717, 1.165) is 0 Å². The molecule has 188 valence electrons. The summed E-state index contributed by atoms with van der Waals surface area (Å²) >= 11 is 0. The Labute approximate surface area is 197 Å². The van der Waals surface area contributed by atoms with Gasteiger partial charge in [-0.3, -0.25) is 9.59 Å². The smallest absolute Gasteiger partial charge is 0.342 e. The Morgan fingerprint density at radius 1 is 1.12 bits per heavy atom. The summed E-state index contributed by atoms with van der Waals surface area (Å²) in [6.07, 6.45) is -1.48. The molecule has 2 aliphatic carbocycles. The van der Waals surface area contributed by atoms with Crippen LogP contribution < -0.4 is 0 Å². The SMILES string of the molecule is CC(=O)OC1[C@H]2[C@](C)(O)[C@H](O)C=C[C@@]2(C)[C@@H](O)[C@H](OC(C)=O)C/C(C)=C\[C@@H]2OC(=O)[C@]3(C)OC123. The normalized spacial score (nSPS) is 51.1. The number of epoxide rings is 1. The van der Waals surface area contributed by atoms with Crippen LogP contribution in [0, 0.1) is 11.3 Å². The van der Waals surface area contributed by atoms with Crippen molar-refractivity contribution in [2.75, 3.05) is 0 Å². The van der Waals surface area contributed by atoms with E-state index in [-0.39, 0.29) is 6.42 Å². The van der Waals surface area contributed by atoms with E-state index in [2.05, 4.69) is 0 Å². The lowest BCUT2D eigenvalue weighted by molar-refractivity contribution is -0.217. The molecule has 2 aliphatic heterocycles. The van der Waals surface area contributed by atoms with Crippen LogP contribution in [-0.4, -0.2) is 80.6 Å². The van der Waals surface area contributed by atoms with Gasteiger partial charge in [0.1, 0.15) is 24.4 Å². The first-order valence-corrected chi connectivity index (χ1v) is 11.3. The highest BCUT2D eigenvalue weighted by Crippen LogP contribution is 2.65. The van der Waals surface area contributed by atoms with E-state index in [9.17, 15) is 29.7 Å². The number of carbonyl (C=O) groups is 3. The maximum absolute atomic E-state index is 12.8. The van der Waals surface area contributed by atoms with Crippen molar-refractivity contribution in [3.05, 3.63) is 23.8 Å². The van der Waals surface area contributed by atoms with Gasteiger partial charge in [-0.05, 0) is 26.8 Å². The first kappa shape index (κ1) is 24.8. The predicted molar refractivity (Wildman–Crippen MR) is 115 cm³/mol. The van der Waals surface area contributed by atoms with Crippen LogP contribution >= 0.6 is 0 Å². The molecule has 10 heteroatoms. The van der Waals surface area contributed by atoms with E-state index in [4.69, 9.17) is 18.9 Å². The Morgan fingerprint density at radius 2 is 1.74 bits per heavy atom. The Kier molecular flexibility index (Phi) is 5.56. The molecule has 0 bridgehead atoms. The number of fused-ring (bicyclic) bond motifs is 1. The lowest BCUT2D eigenvalue weighted by Crippen LogP contribution is -2.67. The molecule has 10 nitrogen and oxygen atoms in total. The van der Waals surface area contributed by atoms with Crippen LogP contribution in [0.4, 0.5) is 0 Å². The van der Waals surface area contributed by atoms with Crippen LogP contribution in [0.1, 0.15) is 48.0 Å². The number of carbonyl (C=O) groups excluding carboxylic acids is 3. The summed E-state index contributed by atoms with van der Waals surface area (Å²) in [4.78, 5) is 37.0. The Balaban J connectivity index is 2.00. The molecular weight excluding hydrogens is 448 g/mol. The minimum absolute atomic E-state index is 0.112. The van der Waals surface area contributed by atoms with Crippen molar-refractivity contribution in [2.45, 2.75) is 95.3 Å². The average Bonchev–Trinajstić information content (AvgIpc) is 3.29. The van der Waals surface area contributed by atoms with Gasteiger partial charge in [0, 0.05) is 31.6 Å². The van der Waals surface area contributed by atoms with Crippen molar-refractivity contribution < 1.29 is 48.7 Å². The van der Waals surface area contributed by atoms with Crippen LogP contribution in [0.3, 0.4) is 0 Å². The fourth-order valence-corrected chi connectivity index (χ4v) is 6.19. The second-order valence-electron chi connectivity index (χ2n) is 10.5. The zero-order valence-corrected chi connectivity index (χ0v) is 20.1. The molecule has 0 radical (unpaired) electrons. The number of aliphatic hydroxyl groups is 3. The second kappa shape index (κ2) is 7.61. The molecule has 2 unspecified atom stereocenters. The highest BCUT2D eigenvalue weighted by atomic mass is 16.7. The molecule has 4 aliphatic rings. The molecule has 2 fully saturated rings. The Hall–Kier alpha value is -2.27. The molecule has 0 aromatic heterocycles. The number of hydrogen-bond donors (Lipinski definition) is 3. The Bertz CT molecular complexity index is 984. The van der Waals surface area contributed by atoms with Crippen LogP contribution in [0.5, 0.6) is 0 Å². The number of rotatable bonds is 2. The molecule has 2 heterocycles. The fraction of sp³-hybridized carbons (Fsp3) is 0.708. The number of aliphatic hydroxyl groups excluding tert-OH is 2. The number of ether oxygens (including phenoxy) is 4. The van der Waals surface area contributed by atoms with Crippen molar-refractivity contribution in [1.29, 1.82) is 0 Å². The van der Waals surface area contributed by atoms with Gasteiger partial charge in [0.2, 0.25) is 0 Å². The third-order valence-electron chi connectivity index (χ3n) is 7.94. The minimum atomic E-state index is -1.94. The minimum Gasteiger partial charge on any atom is -0.459 e. The summed E-state index contributed by atoms with van der Waals surface area (Å²) in [6.45, 7) is 8.66. The number of esters is 3. The van der Waals surface area contributed by atoms with Gasteiger partial charge in [0.15, 0.2) is 17.3 Å². The zero-order valence-electron chi connectivity index (χ0n) is 20.1. The topological polar surface area (TPSA) is 152 Å². The average molecular weight is 481 g/mol. The van der Waals surface area contributed by atoms with Crippen molar-refractivity contribution in [3.8, 4) is 0 Å². The van der Waals surface area contributed by atoms with Crippen molar-refractivity contribution in [2.24, 2.45) is 11.3 Å². The highest BCUT2D eigenvalue weighted by molar-refractivity contribution is 5.89. The second-order valence-corrected chi connectivity index (χ2v) is 10.5. The highest BCUT2D eigenvalue weighted by Gasteiger charge is 2.87. The molecule has 34 heavy (non-hydrogen) atoms. The maximum atomic E-state index is 12.8. The molecule has 1 spiro atoms. The van der Waals surface area contributed by atoms with E-state index in [1.165, 1.54) is 39.8 Å². The van der Waals surface area contributed by atoms with Gasteiger partial charge < -0.3 is 34.3 Å². The fourth-order valence-electron chi connectivity index (χ4n) is 6.19. The van der Waals surface area contributed by atoms with Gasteiger partial charge >= 0.3 is 17.9 Å². The van der Waals surface area contributed by atoms with Crippen molar-refractivity contribution in [3.63, 3.8) is 0 Å². The van der Waals surface area contributed by atoms with Crippen LogP contribution in [-0.2, 0) is 33.3 Å². The maximum Gasteiger partial charge on any atom is 0.342 e. The van der Waals surface area contributed by atoms with E-state index in [0.29, 0.717) is 5.57 Å². The molecular formula is C24H32O10. The van der Waals surface area contributed by atoms with Crippen LogP contribution in [0.2, 0.25) is 0 Å². The molecule has 4 rings (SSSR count). The van der Waals surface area contributed by atoms with E-state index in [1.54, 1.807) is 19.9 Å². The molecule has 2 saturated heterocycles. The summed E-state index contributed by atoms with van der Waals surface area (Å²) in [7, 11) is 0. The molecule has 0 aromatic rings. The van der Waals surface area contributed by atoms with Gasteiger partial charge in [-0.15, -0.1) is 0 Å². The molecule has 3 N–H and O–H groups in total. The van der Waals surface area contributed by atoms with Crippen LogP contribution in [0.15, 0.2) is 23.8 Å². The zero-order chi connectivity index (χ0) is 25.4. The monoisotopic (exact) mass is 480 g/mol. The predicted octanol–water partition coefficient (Wildman–Crippen LogP) is 0.318. The summed E-state index contributed by atoms with van der Waals surface area (Å²) in [6, 6.07) is 0. The van der Waals surface area contributed by atoms with Gasteiger partial charge in [0.05, 0.1) is 5.60 Å². The largest absolute Gasteiger partial charge is 0.459 e. The van der Waals surface area contributed by atoms with Crippen molar-refractivity contribution in [1.82, 2.24) is 0 Å². The van der Waals surface area contributed by atoms with Gasteiger partial charge in [-0.2, -0.15) is 0 Å². The summed E-state index contributed by atoms with van der Waals surface area (Å²) in [5.41, 5.74) is -5.64. The number of hydrogen-bond acceptors (Lipinski definition) is 10.